The van der Waals surface area contributed by atoms with E-state index in [0.29, 0.717) is 28.3 Å². The van der Waals surface area contributed by atoms with Gasteiger partial charge in [0.2, 0.25) is 0 Å². The topological polar surface area (TPSA) is 20.2 Å². The third-order valence-corrected chi connectivity index (χ3v) is 3.53. The molecule has 1 rings (SSSR count). The van der Waals surface area contributed by atoms with Crippen LogP contribution in [0.5, 0.6) is 5.75 Å². The Bertz CT molecular complexity index is 165. The monoisotopic (exact) mass is 216 g/mol. The van der Waals surface area contributed by atoms with Crippen molar-refractivity contribution in [2.45, 2.75) is 0 Å². The number of para-hydroxylation sites is 1. The van der Waals surface area contributed by atoms with Crippen LogP contribution in [0.2, 0.25) is 0 Å². The van der Waals surface area contributed by atoms with E-state index in [4.69, 9.17) is 5.11 Å². The van der Waals surface area contributed by atoms with Gasteiger partial charge in [-0.3, -0.25) is 0 Å². The third-order valence-electron chi connectivity index (χ3n) is 1.12. The number of hydrogen-bond acceptors (Lipinski definition) is 1. The molecule has 42 valence electrons. The molecular formula is C6H8OSn. The summed E-state index contributed by atoms with van der Waals surface area (Å²) < 4.78 is 1.13. The van der Waals surface area contributed by atoms with Gasteiger partial charge in [0.15, 0.2) is 0 Å². The minimum atomic E-state index is 0.443. The molecule has 0 spiro atoms. The molecule has 1 N–H and O–H groups in total. The maximum absolute atomic E-state index is 8.97. The Morgan fingerprint density at radius 1 is 1.25 bits per heavy atom. The Labute approximate surface area is 61.4 Å². The Balaban J connectivity index is 3.13. The molecule has 0 aliphatic rings. The maximum atomic E-state index is 8.97. The molecule has 0 amide bonds. The summed E-state index contributed by atoms with van der Waals surface area (Å²) in [5.74, 6) is 0.461. The van der Waals surface area contributed by atoms with Crippen LogP contribution in [-0.4, -0.2) is 27.6 Å². The van der Waals surface area contributed by atoms with Crippen molar-refractivity contribution >= 4 is 26.1 Å². The second kappa shape index (κ2) is 2.39. The molecule has 1 aromatic rings. The van der Waals surface area contributed by atoms with Gasteiger partial charge >= 0.3 is 61.2 Å². The SMILES string of the molecule is Oc1cccc[c]1[SnH3]. The van der Waals surface area contributed by atoms with Gasteiger partial charge in [0.25, 0.3) is 0 Å². The summed E-state index contributed by atoms with van der Waals surface area (Å²) in [5, 5.41) is 8.97. The predicted molar refractivity (Wildman–Crippen MR) is 37.7 cm³/mol. The Morgan fingerprint density at radius 2 is 1.88 bits per heavy atom. The summed E-state index contributed by atoms with van der Waals surface area (Å²) in [5.41, 5.74) is 0. The fourth-order valence-corrected chi connectivity index (χ4v) is 1.59. The summed E-state index contributed by atoms with van der Waals surface area (Å²) in [6.45, 7) is 0. The van der Waals surface area contributed by atoms with E-state index < -0.39 is 0 Å². The second-order valence-electron chi connectivity index (χ2n) is 1.79. The first kappa shape index (κ1) is 5.95. The fourth-order valence-electron chi connectivity index (χ4n) is 0.563. The van der Waals surface area contributed by atoms with Crippen molar-refractivity contribution in [1.29, 1.82) is 0 Å². The van der Waals surface area contributed by atoms with Crippen LogP contribution >= 0.6 is 0 Å². The van der Waals surface area contributed by atoms with E-state index in [1.54, 1.807) is 6.07 Å². The van der Waals surface area contributed by atoms with E-state index in [-0.39, 0.29) is 0 Å². The molecule has 1 nitrogen and oxygen atoms in total. The van der Waals surface area contributed by atoms with Gasteiger partial charge in [-0.1, -0.05) is 0 Å². The molecule has 0 saturated carbocycles. The molecule has 0 aliphatic carbocycles. The van der Waals surface area contributed by atoms with Crippen molar-refractivity contribution in [2.75, 3.05) is 0 Å². The van der Waals surface area contributed by atoms with Crippen LogP contribution in [0.15, 0.2) is 24.3 Å². The van der Waals surface area contributed by atoms with Gasteiger partial charge in [-0.15, -0.1) is 0 Å². The summed E-state index contributed by atoms with van der Waals surface area (Å²) >= 11 is 0.443. The van der Waals surface area contributed by atoms with Crippen molar-refractivity contribution in [3.63, 3.8) is 0 Å². The Kier molecular flexibility index (Phi) is 1.78. The molecule has 0 unspecified atom stereocenters. The van der Waals surface area contributed by atoms with E-state index in [9.17, 15) is 0 Å². The quantitative estimate of drug-likeness (QED) is 0.572. The fraction of sp³-hybridized carbons (Fsp3) is 0. The molecule has 0 fully saturated rings. The van der Waals surface area contributed by atoms with E-state index >= 15 is 0 Å². The molecule has 2 heteroatoms. The zero-order valence-corrected chi connectivity index (χ0v) is 10.5. The average Bonchev–Trinajstić information content (AvgIpc) is 1.77. The Hall–Kier alpha value is -0.181. The number of aromatic hydroxyl groups is 1. The van der Waals surface area contributed by atoms with E-state index in [0.717, 1.165) is 3.58 Å². The van der Waals surface area contributed by atoms with Gasteiger partial charge in [-0.2, -0.15) is 0 Å². The summed E-state index contributed by atoms with van der Waals surface area (Å²) in [6, 6.07) is 7.48. The molecule has 0 bridgehead atoms. The van der Waals surface area contributed by atoms with Gasteiger partial charge in [0, 0.05) is 0 Å². The standard InChI is InChI=1S/C6H5O.Sn.3H/c7-6-4-2-1-3-5-6;;;;/h1-4,7H;;;;. The van der Waals surface area contributed by atoms with Crippen LogP contribution in [0.3, 0.4) is 0 Å². The van der Waals surface area contributed by atoms with Crippen LogP contribution in [0.4, 0.5) is 0 Å². The predicted octanol–water partition coefficient (Wildman–Crippen LogP) is -0.617. The van der Waals surface area contributed by atoms with Gasteiger partial charge in [0.05, 0.1) is 0 Å². The first-order valence-corrected chi connectivity index (χ1v) is 5.41. The van der Waals surface area contributed by atoms with Gasteiger partial charge < -0.3 is 0 Å². The zero-order valence-electron chi connectivity index (χ0n) is 4.76. The minimum absolute atomic E-state index is 0.443. The second-order valence-corrected chi connectivity index (χ2v) is 4.86. The van der Waals surface area contributed by atoms with Crippen LogP contribution in [0, 0.1) is 0 Å². The molecule has 0 radical (unpaired) electrons. The van der Waals surface area contributed by atoms with Crippen LogP contribution < -0.4 is 3.58 Å². The van der Waals surface area contributed by atoms with Crippen molar-refractivity contribution in [2.24, 2.45) is 0 Å². The molecule has 1 aromatic carbocycles. The normalized spacial score (nSPS) is 9.50. The molecule has 0 aromatic heterocycles. The molecule has 0 heterocycles. The number of benzene rings is 1. The third kappa shape index (κ3) is 1.15. The van der Waals surface area contributed by atoms with Crippen molar-refractivity contribution in [3.05, 3.63) is 24.3 Å². The number of rotatable bonds is 0. The summed E-state index contributed by atoms with van der Waals surface area (Å²) in [7, 11) is 0. The van der Waals surface area contributed by atoms with E-state index in [1.165, 1.54) is 0 Å². The van der Waals surface area contributed by atoms with Gasteiger partial charge in [-0.05, 0) is 0 Å². The number of hydrogen-bond donors (Lipinski definition) is 1. The van der Waals surface area contributed by atoms with E-state index in [1.807, 2.05) is 18.2 Å². The van der Waals surface area contributed by atoms with Crippen molar-refractivity contribution < 1.29 is 5.11 Å². The average molecular weight is 215 g/mol. The zero-order chi connectivity index (χ0) is 5.98. The van der Waals surface area contributed by atoms with Gasteiger partial charge in [-0.25, -0.2) is 0 Å². The molecular weight excluding hydrogens is 207 g/mol. The van der Waals surface area contributed by atoms with Crippen molar-refractivity contribution in [3.8, 4) is 5.75 Å². The molecule has 8 heavy (non-hydrogen) atoms. The number of phenols is 1. The van der Waals surface area contributed by atoms with Crippen molar-refractivity contribution in [1.82, 2.24) is 0 Å². The Morgan fingerprint density at radius 3 is 2.25 bits per heavy atom. The molecule has 0 atom stereocenters. The molecule has 0 aliphatic heterocycles. The van der Waals surface area contributed by atoms with Crippen LogP contribution in [0.25, 0.3) is 0 Å². The number of phenolic OH excluding ortho intramolecular Hbond substituents is 1. The van der Waals surface area contributed by atoms with Crippen LogP contribution in [0.1, 0.15) is 0 Å². The van der Waals surface area contributed by atoms with E-state index in [2.05, 4.69) is 0 Å². The van der Waals surface area contributed by atoms with Gasteiger partial charge in [0.1, 0.15) is 0 Å². The first-order chi connectivity index (χ1) is 3.80. The first-order valence-electron chi connectivity index (χ1n) is 2.55. The molecule has 0 saturated heterocycles. The van der Waals surface area contributed by atoms with Crippen LogP contribution in [-0.2, 0) is 0 Å². The summed E-state index contributed by atoms with van der Waals surface area (Å²) in [6.07, 6.45) is 0. The summed E-state index contributed by atoms with van der Waals surface area (Å²) in [4.78, 5) is 0.